The highest BCUT2D eigenvalue weighted by molar-refractivity contribution is 5.91. The van der Waals surface area contributed by atoms with Crippen LogP contribution >= 0.6 is 0 Å². The third kappa shape index (κ3) is 6.65. The van der Waals surface area contributed by atoms with Gasteiger partial charge in [-0.2, -0.15) is 0 Å². The first kappa shape index (κ1) is 23.0. The van der Waals surface area contributed by atoms with Crippen LogP contribution in [0.25, 0.3) is 0 Å². The molecule has 1 fully saturated rings. The normalized spacial score (nSPS) is 17.2. The van der Waals surface area contributed by atoms with Crippen molar-refractivity contribution in [3.8, 4) is 0 Å². The van der Waals surface area contributed by atoms with Gasteiger partial charge in [0, 0.05) is 32.4 Å². The number of carbonyl (C=O) groups is 2. The summed E-state index contributed by atoms with van der Waals surface area (Å²) in [5.41, 5.74) is 2.63. The van der Waals surface area contributed by atoms with Crippen LogP contribution in [0.4, 0.5) is 15.3 Å². The van der Waals surface area contributed by atoms with Gasteiger partial charge in [0.25, 0.3) is 0 Å². The van der Waals surface area contributed by atoms with Gasteiger partial charge in [-0.05, 0) is 63.5 Å². The first-order valence-electron chi connectivity index (χ1n) is 10.6. The third-order valence-corrected chi connectivity index (χ3v) is 5.20. The maximum absolute atomic E-state index is 13.0. The van der Waals surface area contributed by atoms with E-state index < -0.39 is 5.60 Å². The van der Waals surface area contributed by atoms with Crippen LogP contribution in [-0.2, 0) is 4.74 Å². The number of anilines is 1. The second-order valence-electron chi connectivity index (χ2n) is 9.44. The Morgan fingerprint density at radius 3 is 2.62 bits per heavy atom. The molecule has 1 saturated heterocycles. The number of hydrogen-bond acceptors (Lipinski definition) is 3. The molecular formula is C23H37N3O3. The summed E-state index contributed by atoms with van der Waals surface area (Å²) >= 11 is 0. The van der Waals surface area contributed by atoms with E-state index in [0.717, 1.165) is 36.2 Å². The average Bonchev–Trinajstić information content (AvgIpc) is 2.61. The molecule has 2 rings (SSSR count). The van der Waals surface area contributed by atoms with Crippen molar-refractivity contribution < 1.29 is 14.3 Å². The van der Waals surface area contributed by atoms with Crippen LogP contribution in [-0.4, -0.2) is 54.2 Å². The molecule has 1 aliphatic heterocycles. The van der Waals surface area contributed by atoms with Crippen LogP contribution < -0.4 is 5.32 Å². The predicted molar refractivity (Wildman–Crippen MR) is 117 cm³/mol. The molecule has 6 nitrogen and oxygen atoms in total. The molecular weight excluding hydrogens is 366 g/mol. The number of hydrogen-bond donors (Lipinski definition) is 1. The SMILES string of the molecule is Cc1cccc(C(C)C)c1NC(=O)N1CCCC(CN(C)C(=O)OC(C)(C)C)C1. The Labute approximate surface area is 175 Å². The van der Waals surface area contributed by atoms with Gasteiger partial charge in [-0.15, -0.1) is 0 Å². The van der Waals surface area contributed by atoms with Crippen LogP contribution in [0.2, 0.25) is 0 Å². The fraction of sp³-hybridized carbons (Fsp3) is 0.652. The Morgan fingerprint density at radius 1 is 1.31 bits per heavy atom. The molecule has 1 N–H and O–H groups in total. The van der Waals surface area contributed by atoms with E-state index >= 15 is 0 Å². The Kier molecular flexibility index (Phi) is 7.55. The summed E-state index contributed by atoms with van der Waals surface area (Å²) < 4.78 is 5.44. The van der Waals surface area contributed by atoms with Crippen molar-refractivity contribution in [2.24, 2.45) is 5.92 Å². The van der Waals surface area contributed by atoms with Crippen LogP contribution in [0.1, 0.15) is 64.5 Å². The minimum absolute atomic E-state index is 0.0641. The minimum Gasteiger partial charge on any atom is -0.444 e. The van der Waals surface area contributed by atoms with Gasteiger partial charge in [-0.3, -0.25) is 0 Å². The summed E-state index contributed by atoms with van der Waals surface area (Å²) in [5.74, 6) is 0.579. The zero-order valence-electron chi connectivity index (χ0n) is 19.0. The number of aryl methyl sites for hydroxylation is 1. The molecule has 0 spiro atoms. The highest BCUT2D eigenvalue weighted by Crippen LogP contribution is 2.28. The van der Waals surface area contributed by atoms with E-state index in [1.165, 1.54) is 0 Å². The Morgan fingerprint density at radius 2 is 2.00 bits per heavy atom. The van der Waals surface area contributed by atoms with Crippen LogP contribution in [0.3, 0.4) is 0 Å². The smallest absolute Gasteiger partial charge is 0.410 e. The lowest BCUT2D eigenvalue weighted by atomic mass is 9.97. The molecule has 3 amide bonds. The minimum atomic E-state index is -0.508. The first-order valence-corrected chi connectivity index (χ1v) is 10.6. The summed E-state index contributed by atoms with van der Waals surface area (Å²) in [5, 5.41) is 3.14. The second kappa shape index (κ2) is 9.51. The molecule has 162 valence electrons. The van der Waals surface area contributed by atoms with E-state index in [4.69, 9.17) is 4.74 Å². The lowest BCUT2D eigenvalue weighted by Gasteiger charge is -2.35. The van der Waals surface area contributed by atoms with E-state index in [1.807, 2.05) is 44.7 Å². The monoisotopic (exact) mass is 403 g/mol. The number of para-hydroxylation sites is 1. The summed E-state index contributed by atoms with van der Waals surface area (Å²) in [4.78, 5) is 28.7. The topological polar surface area (TPSA) is 61.9 Å². The molecule has 0 bridgehead atoms. The molecule has 29 heavy (non-hydrogen) atoms. The highest BCUT2D eigenvalue weighted by atomic mass is 16.6. The van der Waals surface area contributed by atoms with Gasteiger partial charge in [0.2, 0.25) is 0 Å². The van der Waals surface area contributed by atoms with Gasteiger partial charge >= 0.3 is 12.1 Å². The molecule has 1 unspecified atom stereocenters. The molecule has 1 aromatic carbocycles. The number of nitrogens with zero attached hydrogens (tertiary/aromatic N) is 2. The van der Waals surface area contributed by atoms with Crippen molar-refractivity contribution in [3.05, 3.63) is 29.3 Å². The number of amides is 3. The van der Waals surface area contributed by atoms with Gasteiger partial charge < -0.3 is 19.9 Å². The number of piperidine rings is 1. The zero-order chi connectivity index (χ0) is 21.8. The van der Waals surface area contributed by atoms with E-state index in [1.54, 1.807) is 11.9 Å². The quantitative estimate of drug-likeness (QED) is 0.749. The number of urea groups is 1. The van der Waals surface area contributed by atoms with Crippen molar-refractivity contribution in [2.45, 2.75) is 65.9 Å². The average molecular weight is 404 g/mol. The number of ether oxygens (including phenoxy) is 1. The summed E-state index contributed by atoms with van der Waals surface area (Å²) in [6, 6.07) is 6.06. The van der Waals surface area contributed by atoms with Gasteiger partial charge in [0.15, 0.2) is 0 Å². The number of carbonyl (C=O) groups excluding carboxylic acids is 2. The first-order chi connectivity index (χ1) is 13.5. The lowest BCUT2D eigenvalue weighted by molar-refractivity contribution is 0.0253. The van der Waals surface area contributed by atoms with E-state index in [0.29, 0.717) is 19.0 Å². The standard InChI is InChI=1S/C23H37N3O3/c1-16(2)19-12-8-10-17(3)20(19)24-21(27)26-13-9-11-18(15-26)14-25(7)22(28)29-23(4,5)6/h8,10,12,16,18H,9,11,13-15H2,1-7H3,(H,24,27). The molecule has 0 saturated carbocycles. The summed E-state index contributed by atoms with van der Waals surface area (Å²) in [6.07, 6.45) is 1.62. The number of nitrogens with one attached hydrogen (secondary N) is 1. The lowest BCUT2D eigenvalue weighted by Crippen LogP contribution is -2.46. The number of likely N-dealkylation sites (tertiary alicyclic amines) is 1. The molecule has 0 radical (unpaired) electrons. The second-order valence-corrected chi connectivity index (χ2v) is 9.44. The van der Waals surface area contributed by atoms with Gasteiger partial charge in [0.05, 0.1) is 0 Å². The molecule has 0 aromatic heterocycles. The van der Waals surface area contributed by atoms with Crippen molar-refractivity contribution in [1.82, 2.24) is 9.80 Å². The Bertz CT molecular complexity index is 725. The highest BCUT2D eigenvalue weighted by Gasteiger charge is 2.28. The zero-order valence-corrected chi connectivity index (χ0v) is 19.0. The van der Waals surface area contributed by atoms with Gasteiger partial charge in [0.1, 0.15) is 5.60 Å². The Balaban J connectivity index is 1.99. The maximum atomic E-state index is 13.0. The van der Waals surface area contributed by atoms with Crippen LogP contribution in [0.5, 0.6) is 0 Å². The fourth-order valence-corrected chi connectivity index (χ4v) is 3.73. The van der Waals surface area contributed by atoms with Crippen molar-refractivity contribution >= 4 is 17.8 Å². The molecule has 1 heterocycles. The maximum Gasteiger partial charge on any atom is 0.410 e. The molecule has 6 heteroatoms. The van der Waals surface area contributed by atoms with Crippen molar-refractivity contribution in [2.75, 3.05) is 32.0 Å². The van der Waals surface area contributed by atoms with Gasteiger partial charge in [-0.1, -0.05) is 32.0 Å². The molecule has 1 aromatic rings. The van der Waals surface area contributed by atoms with Crippen LogP contribution in [0.15, 0.2) is 18.2 Å². The van der Waals surface area contributed by atoms with E-state index in [-0.39, 0.29) is 18.0 Å². The summed E-state index contributed by atoms with van der Waals surface area (Å²) in [7, 11) is 1.76. The Hall–Kier alpha value is -2.24. The summed E-state index contributed by atoms with van der Waals surface area (Å²) in [6.45, 7) is 13.8. The van der Waals surface area contributed by atoms with Crippen LogP contribution in [0, 0.1) is 12.8 Å². The molecule has 1 aliphatic rings. The number of rotatable bonds is 4. The van der Waals surface area contributed by atoms with Gasteiger partial charge in [-0.25, -0.2) is 9.59 Å². The third-order valence-electron chi connectivity index (χ3n) is 5.20. The predicted octanol–water partition coefficient (Wildman–Crippen LogP) is 5.23. The number of benzene rings is 1. The van der Waals surface area contributed by atoms with Crippen molar-refractivity contribution in [1.29, 1.82) is 0 Å². The fourth-order valence-electron chi connectivity index (χ4n) is 3.73. The van der Waals surface area contributed by atoms with Crippen molar-refractivity contribution in [3.63, 3.8) is 0 Å². The molecule has 0 aliphatic carbocycles. The van der Waals surface area contributed by atoms with E-state index in [9.17, 15) is 9.59 Å². The molecule has 1 atom stereocenters. The largest absolute Gasteiger partial charge is 0.444 e. The van der Waals surface area contributed by atoms with E-state index in [2.05, 4.69) is 25.2 Å².